The van der Waals surface area contributed by atoms with E-state index in [0.717, 1.165) is 16.7 Å². The second kappa shape index (κ2) is 7.40. The number of aromatic nitrogens is 2. The second-order valence-electron chi connectivity index (χ2n) is 6.61. The molecule has 28 heavy (non-hydrogen) atoms. The molecule has 0 unspecified atom stereocenters. The van der Waals surface area contributed by atoms with E-state index in [0.29, 0.717) is 40.8 Å². The molecule has 1 aromatic heterocycles. The van der Waals surface area contributed by atoms with Crippen molar-refractivity contribution in [2.75, 3.05) is 0 Å². The average molecular weight is 393 g/mol. The SMILES string of the molecule is NC(=O)Cc1ccc(Cc2nc(-c3ccccc3Cl)nc3c2C(=O)NC3)cc1. The molecule has 4 rings (SSSR count). The summed E-state index contributed by atoms with van der Waals surface area (Å²) in [5.41, 5.74) is 9.63. The molecule has 2 heterocycles. The number of rotatable bonds is 5. The van der Waals surface area contributed by atoms with Crippen LogP contribution in [0.25, 0.3) is 11.4 Å². The number of primary amides is 1. The van der Waals surface area contributed by atoms with Crippen molar-refractivity contribution in [3.8, 4) is 11.4 Å². The molecule has 140 valence electrons. The minimum atomic E-state index is -0.373. The fourth-order valence-corrected chi connectivity index (χ4v) is 3.48. The highest BCUT2D eigenvalue weighted by Gasteiger charge is 2.27. The molecule has 3 aromatic rings. The van der Waals surface area contributed by atoms with Crippen molar-refractivity contribution in [1.29, 1.82) is 0 Å². The summed E-state index contributed by atoms with van der Waals surface area (Å²) in [6.07, 6.45) is 0.662. The lowest BCUT2D eigenvalue weighted by atomic mass is 10.0. The monoisotopic (exact) mass is 392 g/mol. The molecule has 0 fully saturated rings. The number of hydrogen-bond donors (Lipinski definition) is 2. The number of amides is 2. The first kappa shape index (κ1) is 18.1. The van der Waals surface area contributed by atoms with Gasteiger partial charge >= 0.3 is 0 Å². The summed E-state index contributed by atoms with van der Waals surface area (Å²) in [5.74, 6) is -0.0373. The van der Waals surface area contributed by atoms with Gasteiger partial charge in [0.15, 0.2) is 5.82 Å². The Kier molecular flexibility index (Phi) is 4.79. The Morgan fingerprint density at radius 1 is 1.07 bits per heavy atom. The number of nitrogens with two attached hydrogens (primary N) is 1. The second-order valence-corrected chi connectivity index (χ2v) is 7.02. The van der Waals surface area contributed by atoms with Crippen molar-refractivity contribution in [2.24, 2.45) is 5.73 Å². The number of carbonyl (C=O) groups is 2. The van der Waals surface area contributed by atoms with E-state index in [1.54, 1.807) is 6.07 Å². The summed E-state index contributed by atoms with van der Waals surface area (Å²) in [4.78, 5) is 32.6. The van der Waals surface area contributed by atoms with E-state index >= 15 is 0 Å². The Labute approximate surface area is 166 Å². The number of halogens is 1. The molecule has 0 saturated heterocycles. The number of carbonyl (C=O) groups excluding carboxylic acids is 2. The van der Waals surface area contributed by atoms with Crippen molar-refractivity contribution in [3.05, 3.63) is 81.6 Å². The molecule has 0 saturated carbocycles. The smallest absolute Gasteiger partial charge is 0.255 e. The van der Waals surface area contributed by atoms with Gasteiger partial charge in [0, 0.05) is 12.0 Å². The largest absolute Gasteiger partial charge is 0.369 e. The molecule has 0 radical (unpaired) electrons. The number of benzene rings is 2. The van der Waals surface area contributed by atoms with Gasteiger partial charge in [-0.25, -0.2) is 9.97 Å². The lowest BCUT2D eigenvalue weighted by Crippen LogP contribution is -2.15. The third-order valence-corrected chi connectivity index (χ3v) is 4.92. The molecule has 3 N–H and O–H groups in total. The maximum atomic E-state index is 12.3. The average Bonchev–Trinajstić information content (AvgIpc) is 3.04. The van der Waals surface area contributed by atoms with Crippen molar-refractivity contribution in [3.63, 3.8) is 0 Å². The lowest BCUT2D eigenvalue weighted by Gasteiger charge is -2.10. The Bertz CT molecular complexity index is 1080. The number of nitrogens with zero attached hydrogens (tertiary/aromatic N) is 2. The molecule has 0 spiro atoms. The maximum absolute atomic E-state index is 12.3. The van der Waals surface area contributed by atoms with Crippen LogP contribution in [-0.2, 0) is 24.2 Å². The normalized spacial score (nSPS) is 12.5. The van der Waals surface area contributed by atoms with E-state index in [-0.39, 0.29) is 18.2 Å². The molecule has 6 nitrogen and oxygen atoms in total. The van der Waals surface area contributed by atoms with Gasteiger partial charge in [-0.05, 0) is 23.3 Å². The van der Waals surface area contributed by atoms with Gasteiger partial charge in [0.25, 0.3) is 5.91 Å². The van der Waals surface area contributed by atoms with Crippen LogP contribution in [0.2, 0.25) is 5.02 Å². The zero-order valence-electron chi connectivity index (χ0n) is 14.9. The van der Waals surface area contributed by atoms with Gasteiger partial charge in [0.2, 0.25) is 5.91 Å². The molecule has 1 aliphatic rings. The number of nitrogens with one attached hydrogen (secondary N) is 1. The zero-order valence-corrected chi connectivity index (χ0v) is 15.7. The van der Waals surface area contributed by atoms with Gasteiger partial charge in [0.1, 0.15) is 0 Å². The van der Waals surface area contributed by atoms with Crippen molar-refractivity contribution >= 4 is 23.4 Å². The Hall–Kier alpha value is -3.25. The summed E-state index contributed by atoms with van der Waals surface area (Å²) in [5, 5.41) is 3.37. The zero-order chi connectivity index (χ0) is 19.7. The lowest BCUT2D eigenvalue weighted by molar-refractivity contribution is -0.117. The summed E-state index contributed by atoms with van der Waals surface area (Å²) in [7, 11) is 0. The van der Waals surface area contributed by atoms with Crippen LogP contribution < -0.4 is 11.1 Å². The quantitative estimate of drug-likeness (QED) is 0.697. The van der Waals surface area contributed by atoms with Crippen molar-refractivity contribution in [2.45, 2.75) is 19.4 Å². The van der Waals surface area contributed by atoms with Crippen LogP contribution in [0.15, 0.2) is 48.5 Å². The van der Waals surface area contributed by atoms with Crippen LogP contribution in [0.1, 0.15) is 32.9 Å². The fraction of sp³-hybridized carbons (Fsp3) is 0.143. The Morgan fingerprint density at radius 2 is 1.79 bits per heavy atom. The predicted octanol–water partition coefficient (Wildman–Crippen LogP) is 2.66. The third-order valence-electron chi connectivity index (χ3n) is 4.59. The predicted molar refractivity (Wildman–Crippen MR) is 106 cm³/mol. The van der Waals surface area contributed by atoms with Gasteiger partial charge < -0.3 is 11.1 Å². The summed E-state index contributed by atoms with van der Waals surface area (Å²) < 4.78 is 0. The molecule has 0 aliphatic carbocycles. The molecule has 1 aliphatic heterocycles. The van der Waals surface area contributed by atoms with Crippen molar-refractivity contribution in [1.82, 2.24) is 15.3 Å². The van der Waals surface area contributed by atoms with E-state index in [1.807, 2.05) is 42.5 Å². The first-order chi connectivity index (χ1) is 13.5. The van der Waals surface area contributed by atoms with Crippen LogP contribution >= 0.6 is 11.6 Å². The van der Waals surface area contributed by atoms with Gasteiger partial charge in [-0.15, -0.1) is 0 Å². The van der Waals surface area contributed by atoms with Crippen molar-refractivity contribution < 1.29 is 9.59 Å². The topological polar surface area (TPSA) is 98.0 Å². The highest BCUT2D eigenvalue weighted by molar-refractivity contribution is 6.33. The number of hydrogen-bond acceptors (Lipinski definition) is 4. The van der Waals surface area contributed by atoms with E-state index in [2.05, 4.69) is 15.3 Å². The van der Waals surface area contributed by atoms with Gasteiger partial charge in [-0.3, -0.25) is 9.59 Å². The maximum Gasteiger partial charge on any atom is 0.255 e. The van der Waals surface area contributed by atoms with Crippen LogP contribution in [-0.4, -0.2) is 21.8 Å². The van der Waals surface area contributed by atoms with Crippen LogP contribution in [0.4, 0.5) is 0 Å². The fourth-order valence-electron chi connectivity index (χ4n) is 3.26. The van der Waals surface area contributed by atoms with E-state index in [9.17, 15) is 9.59 Å². The Balaban J connectivity index is 1.73. The highest BCUT2D eigenvalue weighted by Crippen LogP contribution is 2.28. The standard InChI is InChI=1S/C21H17ClN4O2/c22-15-4-2-1-3-14(15)20-25-16(19-17(26-20)11-24-21(19)28)9-12-5-7-13(8-6-12)10-18(23)27/h1-8H,9-11H2,(H2,23,27)(H,24,28). The molecule has 2 amide bonds. The first-order valence-corrected chi connectivity index (χ1v) is 9.18. The molecular formula is C21H17ClN4O2. The minimum absolute atomic E-state index is 0.166. The summed E-state index contributed by atoms with van der Waals surface area (Å²) in [6, 6.07) is 14.9. The van der Waals surface area contributed by atoms with E-state index < -0.39 is 0 Å². The highest BCUT2D eigenvalue weighted by atomic mass is 35.5. The van der Waals surface area contributed by atoms with Crippen LogP contribution in [0.3, 0.4) is 0 Å². The van der Waals surface area contributed by atoms with E-state index in [1.165, 1.54) is 0 Å². The van der Waals surface area contributed by atoms with Gasteiger partial charge in [-0.1, -0.05) is 48.0 Å². The third kappa shape index (κ3) is 3.59. The van der Waals surface area contributed by atoms with Crippen LogP contribution in [0.5, 0.6) is 0 Å². The molecule has 2 aromatic carbocycles. The van der Waals surface area contributed by atoms with Gasteiger partial charge in [0.05, 0.1) is 34.9 Å². The molecule has 7 heteroatoms. The molecule has 0 bridgehead atoms. The summed E-state index contributed by atoms with van der Waals surface area (Å²) >= 11 is 6.31. The molecular weight excluding hydrogens is 376 g/mol. The number of fused-ring (bicyclic) bond motifs is 1. The Morgan fingerprint density at radius 3 is 2.50 bits per heavy atom. The molecule has 0 atom stereocenters. The van der Waals surface area contributed by atoms with Gasteiger partial charge in [-0.2, -0.15) is 0 Å². The van der Waals surface area contributed by atoms with E-state index in [4.69, 9.17) is 17.3 Å². The first-order valence-electron chi connectivity index (χ1n) is 8.80. The minimum Gasteiger partial charge on any atom is -0.369 e. The summed E-state index contributed by atoms with van der Waals surface area (Å²) in [6.45, 7) is 0.374. The van der Waals surface area contributed by atoms with Crippen LogP contribution in [0, 0.1) is 0 Å².